The number of fused-ring (bicyclic) bond motifs is 1. The summed E-state index contributed by atoms with van der Waals surface area (Å²) in [6, 6.07) is 0. The number of rotatable bonds is 6. The number of hydrazone groups is 1. The smallest absolute Gasteiger partial charge is 0.428 e. The van der Waals surface area contributed by atoms with Crippen LogP contribution in [0.1, 0.15) is 44.1 Å². The fourth-order valence-electron chi connectivity index (χ4n) is 3.62. The number of amides is 1. The molecule has 0 atom stereocenters. The summed E-state index contributed by atoms with van der Waals surface area (Å²) in [5.74, 6) is 0. The van der Waals surface area contributed by atoms with Crippen LogP contribution in [0, 0.1) is 6.92 Å². The van der Waals surface area contributed by atoms with Crippen LogP contribution in [0.15, 0.2) is 14.7 Å². The molecule has 0 spiro atoms. The topological polar surface area (TPSA) is 106 Å². The highest BCUT2D eigenvalue weighted by molar-refractivity contribution is 7.20. The molecule has 2 aromatic rings. The molecule has 9 nitrogen and oxygen atoms in total. The van der Waals surface area contributed by atoms with E-state index in [2.05, 4.69) is 5.10 Å². The van der Waals surface area contributed by atoms with E-state index in [1.54, 1.807) is 20.8 Å². The van der Waals surface area contributed by atoms with Crippen LogP contribution in [0.4, 0.5) is 18.0 Å². The number of carboxylic acid groups (broad SMARTS) is 1. The van der Waals surface area contributed by atoms with Crippen molar-refractivity contribution in [2.24, 2.45) is 5.10 Å². The minimum Gasteiger partial charge on any atom is -0.464 e. The molecule has 1 aliphatic rings. The summed E-state index contributed by atoms with van der Waals surface area (Å²) in [4.78, 5) is 38.4. The molecule has 0 radical (unpaired) electrons. The van der Waals surface area contributed by atoms with E-state index in [9.17, 15) is 32.7 Å². The summed E-state index contributed by atoms with van der Waals surface area (Å²) < 4.78 is 47.9. The zero-order chi connectivity index (χ0) is 24.9. The highest BCUT2D eigenvalue weighted by Gasteiger charge is 2.66. The Morgan fingerprint density at radius 3 is 2.36 bits per heavy atom. The zero-order valence-corrected chi connectivity index (χ0v) is 19.6. The Balaban J connectivity index is 2.29. The highest BCUT2D eigenvalue weighted by Crippen LogP contribution is 2.54. The number of methoxy groups -OCH3 is 1. The van der Waals surface area contributed by atoms with Gasteiger partial charge < -0.3 is 9.84 Å². The number of alkyl halides is 3. The summed E-state index contributed by atoms with van der Waals surface area (Å²) in [7, 11) is 1.39. The molecule has 0 unspecified atom stereocenters. The largest absolute Gasteiger partial charge is 0.464 e. The molecule has 0 saturated heterocycles. The summed E-state index contributed by atoms with van der Waals surface area (Å²) in [6.45, 7) is 6.45. The van der Waals surface area contributed by atoms with Gasteiger partial charge >= 0.3 is 18.0 Å². The average molecular weight is 491 g/mol. The maximum Gasteiger partial charge on any atom is 0.428 e. The molecule has 182 valence electrons. The molecule has 1 fully saturated rings. The monoisotopic (exact) mass is 490 g/mol. The van der Waals surface area contributed by atoms with Crippen LogP contribution in [-0.2, 0) is 16.8 Å². The van der Waals surface area contributed by atoms with Gasteiger partial charge in [0.2, 0.25) is 0 Å². The second-order valence-electron chi connectivity index (χ2n) is 8.88. The second-order valence-corrected chi connectivity index (χ2v) is 9.91. The van der Waals surface area contributed by atoms with E-state index in [0.717, 1.165) is 20.9 Å². The van der Waals surface area contributed by atoms with Crippen molar-refractivity contribution < 1.29 is 27.8 Å². The van der Waals surface area contributed by atoms with Gasteiger partial charge in [-0.25, -0.2) is 14.2 Å². The summed E-state index contributed by atoms with van der Waals surface area (Å²) in [5.41, 5.74) is -5.12. The Labute approximate surface area is 190 Å². The minimum atomic E-state index is -4.76. The van der Waals surface area contributed by atoms with Crippen molar-refractivity contribution in [2.75, 3.05) is 13.7 Å². The van der Waals surface area contributed by atoms with Gasteiger partial charge in [-0.1, -0.05) is 0 Å². The SMILES string of the molecule is COCCn1c(=O)n(C2(C(F)(F)F)CC2)c(=O)c2c(C)c(/C=N\N(C(=O)O)C(C)(C)C)sc21. The van der Waals surface area contributed by atoms with Crippen molar-refractivity contribution in [3.8, 4) is 0 Å². The first-order chi connectivity index (χ1) is 15.2. The molecule has 0 bridgehead atoms. The van der Waals surface area contributed by atoms with Crippen molar-refractivity contribution in [3.05, 3.63) is 31.3 Å². The average Bonchev–Trinajstić information content (AvgIpc) is 3.40. The van der Waals surface area contributed by atoms with Gasteiger partial charge in [-0.3, -0.25) is 9.36 Å². The van der Waals surface area contributed by atoms with Crippen LogP contribution in [0.5, 0.6) is 0 Å². The molecule has 2 heterocycles. The highest BCUT2D eigenvalue weighted by atomic mass is 32.1. The lowest BCUT2D eigenvalue weighted by molar-refractivity contribution is -0.181. The van der Waals surface area contributed by atoms with E-state index in [-0.39, 0.29) is 36.2 Å². The van der Waals surface area contributed by atoms with Crippen LogP contribution in [0.3, 0.4) is 0 Å². The fourth-order valence-corrected chi connectivity index (χ4v) is 4.80. The van der Waals surface area contributed by atoms with Crippen molar-refractivity contribution in [1.29, 1.82) is 0 Å². The van der Waals surface area contributed by atoms with Gasteiger partial charge in [-0.2, -0.15) is 23.3 Å². The third-order valence-electron chi connectivity index (χ3n) is 5.55. The predicted octanol–water partition coefficient (Wildman–Crippen LogP) is 3.34. The Kier molecular flexibility index (Phi) is 6.26. The Hall–Kier alpha value is -2.67. The summed E-state index contributed by atoms with van der Waals surface area (Å²) >= 11 is 0.985. The molecular weight excluding hydrogens is 465 g/mol. The van der Waals surface area contributed by atoms with Crippen LogP contribution in [-0.4, -0.2) is 57.0 Å². The van der Waals surface area contributed by atoms with Crippen LogP contribution >= 0.6 is 11.3 Å². The van der Waals surface area contributed by atoms with Gasteiger partial charge in [0.1, 0.15) is 10.4 Å². The number of ether oxygens (including phenoxy) is 1. The van der Waals surface area contributed by atoms with Crippen molar-refractivity contribution in [1.82, 2.24) is 14.1 Å². The maximum atomic E-state index is 13.8. The van der Waals surface area contributed by atoms with Crippen LogP contribution < -0.4 is 11.2 Å². The third kappa shape index (κ3) is 4.19. The standard InChI is InChI=1S/C20H25F3N4O5S/c1-11-12(10-24-27(17(30)31)18(2,3)4)33-15-13(11)14(28)26(16(29)25(15)8-9-32-5)19(6-7-19)20(21,22)23/h10H,6-9H2,1-5H3,(H,30,31)/b24-10-. The first-order valence-corrected chi connectivity index (χ1v) is 10.9. The molecule has 2 aromatic heterocycles. The predicted molar refractivity (Wildman–Crippen MR) is 117 cm³/mol. The van der Waals surface area contributed by atoms with E-state index >= 15 is 0 Å². The van der Waals surface area contributed by atoms with E-state index < -0.39 is 34.6 Å². The fraction of sp³-hybridized carbons (Fsp3) is 0.600. The van der Waals surface area contributed by atoms with Gasteiger partial charge in [0.05, 0.1) is 35.2 Å². The normalized spacial score (nSPS) is 16.0. The molecule has 33 heavy (non-hydrogen) atoms. The molecular formula is C20H25F3N4O5S. The minimum absolute atomic E-state index is 0.0229. The number of halogens is 3. The van der Waals surface area contributed by atoms with Crippen molar-refractivity contribution >= 4 is 33.9 Å². The Morgan fingerprint density at radius 1 is 1.30 bits per heavy atom. The van der Waals surface area contributed by atoms with E-state index in [0.29, 0.717) is 15.0 Å². The lowest BCUT2D eigenvalue weighted by Crippen LogP contribution is -2.51. The number of thiophene rings is 1. The van der Waals surface area contributed by atoms with Gasteiger partial charge in [0.15, 0.2) is 0 Å². The Morgan fingerprint density at radius 2 is 1.91 bits per heavy atom. The number of nitrogens with zero attached hydrogens (tertiary/aromatic N) is 4. The maximum absolute atomic E-state index is 13.8. The second kappa shape index (κ2) is 8.28. The van der Waals surface area contributed by atoms with Crippen LogP contribution in [0.2, 0.25) is 0 Å². The van der Waals surface area contributed by atoms with Gasteiger partial charge in [0, 0.05) is 7.11 Å². The lowest BCUT2D eigenvalue weighted by Gasteiger charge is -2.27. The van der Waals surface area contributed by atoms with Crippen molar-refractivity contribution in [2.45, 2.75) is 64.3 Å². The molecule has 0 aliphatic heterocycles. The number of carbonyl (C=O) groups is 1. The van der Waals surface area contributed by atoms with Gasteiger partial charge in [-0.15, -0.1) is 11.3 Å². The lowest BCUT2D eigenvalue weighted by atomic mass is 10.1. The first-order valence-electron chi connectivity index (χ1n) is 10.1. The molecule has 1 N–H and O–H groups in total. The molecule has 1 amide bonds. The summed E-state index contributed by atoms with van der Waals surface area (Å²) in [5, 5.41) is 14.2. The summed E-state index contributed by atoms with van der Waals surface area (Å²) in [6.07, 6.45) is -5.51. The quantitative estimate of drug-likeness (QED) is 0.494. The Bertz CT molecular complexity index is 1230. The molecule has 1 saturated carbocycles. The van der Waals surface area contributed by atoms with E-state index in [1.807, 2.05) is 0 Å². The number of aromatic nitrogens is 2. The van der Waals surface area contributed by atoms with Gasteiger partial charge in [0.25, 0.3) is 5.56 Å². The molecule has 0 aromatic carbocycles. The van der Waals surface area contributed by atoms with E-state index in [1.165, 1.54) is 20.2 Å². The number of hydrogen-bond donors (Lipinski definition) is 1. The molecule has 1 aliphatic carbocycles. The van der Waals surface area contributed by atoms with Crippen molar-refractivity contribution in [3.63, 3.8) is 0 Å². The number of hydrogen-bond acceptors (Lipinski definition) is 6. The van der Waals surface area contributed by atoms with Crippen LogP contribution in [0.25, 0.3) is 10.2 Å². The number of aryl methyl sites for hydroxylation is 1. The zero-order valence-electron chi connectivity index (χ0n) is 18.8. The molecule has 13 heteroatoms. The van der Waals surface area contributed by atoms with Gasteiger partial charge in [-0.05, 0) is 46.1 Å². The third-order valence-corrected chi connectivity index (χ3v) is 6.80. The molecule has 3 rings (SSSR count). The van der Waals surface area contributed by atoms with E-state index in [4.69, 9.17) is 4.74 Å². The first kappa shape index (κ1) is 25.0.